The third-order valence-corrected chi connectivity index (χ3v) is 11.1. The van der Waals surface area contributed by atoms with Gasteiger partial charge in [-0.05, 0) is 97.7 Å². The number of rotatable bonds is 4. The highest BCUT2D eigenvalue weighted by Crippen LogP contribution is 2.68. The Kier molecular flexibility index (Phi) is 6.55. The lowest BCUT2D eigenvalue weighted by Crippen LogP contribution is -2.62. The first-order valence-electron chi connectivity index (χ1n) is 12.1. The van der Waals surface area contributed by atoms with Crippen LogP contribution in [0.15, 0.2) is 0 Å². The Hall–Kier alpha value is 0.0800. The maximum Gasteiger partial charge on any atom is 0.228 e. The van der Waals surface area contributed by atoms with Crippen molar-refractivity contribution >= 4 is 28.8 Å². The van der Waals surface area contributed by atoms with Crippen molar-refractivity contribution in [2.24, 2.45) is 46.3 Å². The van der Waals surface area contributed by atoms with E-state index in [4.69, 9.17) is 0 Å². The maximum atomic E-state index is 11.8. The third-order valence-electron chi connectivity index (χ3n) is 10.5. The molecule has 0 aromatic carbocycles. The number of aliphatic hydroxyl groups is 3. The first-order valence-corrected chi connectivity index (χ1v) is 13.1. The average molecular weight is 533 g/mol. The molecule has 0 saturated heterocycles. The molecule has 4 rings (SSSR count). The van der Waals surface area contributed by atoms with E-state index in [0.717, 1.165) is 51.4 Å². The van der Waals surface area contributed by atoms with Crippen LogP contribution in [-0.4, -0.2) is 39.5 Å². The molecule has 4 aliphatic carbocycles. The van der Waals surface area contributed by atoms with Crippen LogP contribution in [0.2, 0.25) is 0 Å². The molecule has 0 aliphatic heterocycles. The summed E-state index contributed by atoms with van der Waals surface area (Å²) >= 11 is 1.90. The van der Waals surface area contributed by atoms with Crippen molar-refractivity contribution in [2.75, 3.05) is 0 Å². The number of fused-ring (bicyclic) bond motifs is 5. The lowest BCUT2D eigenvalue weighted by atomic mass is 9.43. The summed E-state index contributed by atoms with van der Waals surface area (Å²) in [4.78, 5) is 11.8. The van der Waals surface area contributed by atoms with Crippen LogP contribution in [0, 0.1) is 46.3 Å². The van der Waals surface area contributed by atoms with E-state index in [2.05, 4.69) is 24.3 Å². The van der Waals surface area contributed by atoms with Crippen LogP contribution in [-0.2, 0) is 4.79 Å². The molecule has 11 unspecified atom stereocenters. The van der Waals surface area contributed by atoms with Gasteiger partial charge < -0.3 is 15.3 Å². The van der Waals surface area contributed by atoms with Gasteiger partial charge in [-0.2, -0.15) is 0 Å². The molecule has 0 spiro atoms. The highest BCUT2D eigenvalue weighted by molar-refractivity contribution is 14.1. The molecule has 6 heteroatoms. The largest absolute Gasteiger partial charge is 0.393 e. The Morgan fingerprint density at radius 1 is 1.10 bits per heavy atom. The summed E-state index contributed by atoms with van der Waals surface area (Å²) in [6.07, 6.45) is 6.86. The Balaban J connectivity index is 1.58. The number of aliphatic hydroxyl groups excluding tert-OH is 3. The molecule has 1 amide bonds. The summed E-state index contributed by atoms with van der Waals surface area (Å²) in [6.45, 7) is 6.89. The molecule has 4 aliphatic rings. The summed E-state index contributed by atoms with van der Waals surface area (Å²) in [7, 11) is 0. The second-order valence-electron chi connectivity index (χ2n) is 11.6. The number of nitrogens with one attached hydrogen (secondary N) is 1. The zero-order valence-corrected chi connectivity index (χ0v) is 20.8. The highest BCUT2D eigenvalue weighted by atomic mass is 127. The van der Waals surface area contributed by atoms with Crippen LogP contribution in [0.5, 0.6) is 0 Å². The predicted molar refractivity (Wildman–Crippen MR) is 125 cm³/mol. The fourth-order valence-corrected chi connectivity index (χ4v) is 9.01. The van der Waals surface area contributed by atoms with Crippen LogP contribution in [0.1, 0.15) is 78.6 Å². The molecule has 0 aromatic rings. The van der Waals surface area contributed by atoms with E-state index in [-0.39, 0.29) is 41.0 Å². The van der Waals surface area contributed by atoms with Crippen molar-refractivity contribution in [1.29, 1.82) is 0 Å². The van der Waals surface area contributed by atoms with E-state index in [1.54, 1.807) is 0 Å². The fraction of sp³-hybridized carbons (Fsp3) is 0.958. The van der Waals surface area contributed by atoms with Gasteiger partial charge in [0.15, 0.2) is 0 Å². The predicted octanol–water partition coefficient (Wildman–Crippen LogP) is 3.83. The molecule has 11 atom stereocenters. The molecule has 172 valence electrons. The van der Waals surface area contributed by atoms with E-state index in [1.807, 2.05) is 22.9 Å². The van der Waals surface area contributed by atoms with Gasteiger partial charge in [0.25, 0.3) is 0 Å². The van der Waals surface area contributed by atoms with Gasteiger partial charge in [-0.1, -0.05) is 20.8 Å². The molecule has 30 heavy (non-hydrogen) atoms. The minimum Gasteiger partial charge on any atom is -0.393 e. The quantitative estimate of drug-likeness (QED) is 0.327. The monoisotopic (exact) mass is 533 g/mol. The zero-order valence-electron chi connectivity index (χ0n) is 18.7. The molecule has 0 aromatic heterocycles. The molecule has 4 N–H and O–H groups in total. The van der Waals surface area contributed by atoms with E-state index < -0.39 is 0 Å². The molecule has 4 fully saturated rings. The zero-order chi connectivity index (χ0) is 21.8. The summed E-state index contributed by atoms with van der Waals surface area (Å²) in [5, 5.41) is 33.1. The van der Waals surface area contributed by atoms with Crippen LogP contribution in [0.3, 0.4) is 0 Å². The van der Waals surface area contributed by atoms with Crippen molar-refractivity contribution in [1.82, 2.24) is 3.53 Å². The minimum atomic E-state index is -0.355. The van der Waals surface area contributed by atoms with Crippen molar-refractivity contribution < 1.29 is 20.1 Å². The van der Waals surface area contributed by atoms with Gasteiger partial charge in [0, 0.05) is 6.42 Å². The average Bonchev–Trinajstić information content (AvgIpc) is 3.06. The first-order chi connectivity index (χ1) is 14.1. The third kappa shape index (κ3) is 3.56. The number of carbonyl (C=O) groups is 1. The number of halogens is 1. The lowest BCUT2D eigenvalue weighted by Gasteiger charge is -2.63. The smallest absolute Gasteiger partial charge is 0.228 e. The molecule has 0 heterocycles. The van der Waals surface area contributed by atoms with Crippen LogP contribution in [0.25, 0.3) is 0 Å². The number of amides is 1. The van der Waals surface area contributed by atoms with Crippen LogP contribution in [0.4, 0.5) is 0 Å². The number of carbonyl (C=O) groups excluding carboxylic acids is 1. The Morgan fingerprint density at radius 3 is 2.53 bits per heavy atom. The van der Waals surface area contributed by atoms with Gasteiger partial charge in [-0.3, -0.25) is 8.32 Å². The fourth-order valence-electron chi connectivity index (χ4n) is 8.74. The van der Waals surface area contributed by atoms with Crippen LogP contribution < -0.4 is 3.53 Å². The van der Waals surface area contributed by atoms with Gasteiger partial charge in [-0.25, -0.2) is 0 Å². The Labute approximate surface area is 195 Å². The number of hydrogen-bond donors (Lipinski definition) is 4. The molecule has 4 saturated carbocycles. The second kappa shape index (κ2) is 8.45. The Bertz CT molecular complexity index is 661. The maximum absolute atomic E-state index is 11.8. The number of hydrogen-bond acceptors (Lipinski definition) is 4. The van der Waals surface area contributed by atoms with Crippen molar-refractivity contribution in [2.45, 2.75) is 96.9 Å². The summed E-state index contributed by atoms with van der Waals surface area (Å²) < 4.78 is 2.69. The first kappa shape index (κ1) is 23.2. The molecule has 0 radical (unpaired) electrons. The molecule has 5 nitrogen and oxygen atoms in total. The van der Waals surface area contributed by atoms with Crippen molar-refractivity contribution in [3.05, 3.63) is 0 Å². The van der Waals surface area contributed by atoms with Gasteiger partial charge in [0.1, 0.15) is 0 Å². The lowest BCUT2D eigenvalue weighted by molar-refractivity contribution is -0.207. The van der Waals surface area contributed by atoms with Gasteiger partial charge in [0.05, 0.1) is 41.2 Å². The normalized spacial score (nSPS) is 51.4. The SMILES string of the molecule is CC(CCC(=O)NI)C1CCC2C3C(O)CC4CC(O)CCC4(C)C3CC(O)C12C. The van der Waals surface area contributed by atoms with Gasteiger partial charge >= 0.3 is 0 Å². The summed E-state index contributed by atoms with van der Waals surface area (Å²) in [6, 6.07) is 0. The van der Waals surface area contributed by atoms with E-state index in [1.165, 1.54) is 0 Å². The van der Waals surface area contributed by atoms with Gasteiger partial charge in [-0.15, -0.1) is 0 Å². The highest BCUT2D eigenvalue weighted by Gasteiger charge is 2.65. The van der Waals surface area contributed by atoms with E-state index in [9.17, 15) is 20.1 Å². The summed E-state index contributed by atoms with van der Waals surface area (Å²) in [5.74, 6) is 2.15. The molecular weight excluding hydrogens is 493 g/mol. The standard InChI is InChI=1S/C24H40INO4/c1-13(4-7-21(30)26-25)16-5-6-17-22-18(12-20(29)24(16,17)3)23(2)9-8-15(27)10-14(23)11-19(22)28/h13-20,22,27-29H,4-12H2,1-3H3,(H,26,30). The van der Waals surface area contributed by atoms with Crippen LogP contribution >= 0.6 is 22.9 Å². The molecular formula is C24H40INO4. The second-order valence-corrected chi connectivity index (χ2v) is 12.1. The minimum absolute atomic E-state index is 0.0764. The topological polar surface area (TPSA) is 89.8 Å². The van der Waals surface area contributed by atoms with Crippen molar-refractivity contribution in [3.8, 4) is 0 Å². The van der Waals surface area contributed by atoms with E-state index in [0.29, 0.717) is 36.0 Å². The Morgan fingerprint density at radius 2 is 1.83 bits per heavy atom. The molecule has 0 bridgehead atoms. The van der Waals surface area contributed by atoms with E-state index >= 15 is 0 Å². The van der Waals surface area contributed by atoms with Gasteiger partial charge in [0.2, 0.25) is 5.91 Å². The van der Waals surface area contributed by atoms with Crippen molar-refractivity contribution in [3.63, 3.8) is 0 Å². The summed E-state index contributed by atoms with van der Waals surface area (Å²) in [5.41, 5.74) is -0.0622.